The third-order valence-corrected chi connectivity index (χ3v) is 3.21. The molecule has 1 rings (SSSR count). The molecule has 0 spiro atoms. The summed E-state index contributed by atoms with van der Waals surface area (Å²) in [5.41, 5.74) is 0.912. The zero-order chi connectivity index (χ0) is 14.3. The Bertz CT molecular complexity index is 422. The van der Waals surface area contributed by atoms with E-state index in [0.717, 1.165) is 5.56 Å². The number of carbonyl (C=O) groups excluding carboxylic acids is 2. The molecule has 0 bridgehead atoms. The first-order chi connectivity index (χ1) is 9.04. The number of amides is 1. The molecule has 1 aromatic carbocycles. The highest BCUT2D eigenvalue weighted by Gasteiger charge is 2.21. The Morgan fingerprint density at radius 2 is 1.89 bits per heavy atom. The van der Waals surface area contributed by atoms with Gasteiger partial charge in [-0.1, -0.05) is 37.3 Å². The number of benzene rings is 1. The average Bonchev–Trinajstić information content (AvgIpc) is 2.44. The van der Waals surface area contributed by atoms with Crippen molar-refractivity contribution in [3.8, 4) is 0 Å². The Balaban J connectivity index is 2.37. The number of alkyl halides is 1. The summed E-state index contributed by atoms with van der Waals surface area (Å²) in [5.74, 6) is -0.481. The summed E-state index contributed by atoms with van der Waals surface area (Å²) < 4.78 is 5.07. The minimum absolute atomic E-state index is 0.0494. The van der Waals surface area contributed by atoms with Gasteiger partial charge in [-0.2, -0.15) is 0 Å². The Morgan fingerprint density at radius 3 is 2.47 bits per heavy atom. The fourth-order valence-electron chi connectivity index (χ4n) is 1.48. The van der Waals surface area contributed by atoms with Crippen molar-refractivity contribution in [3.05, 3.63) is 35.9 Å². The molecular formula is C14H18ClNO3. The van der Waals surface area contributed by atoms with Crippen LogP contribution >= 0.6 is 11.6 Å². The standard InChI is InChI=1S/C14H18ClNO3/c1-10(13(17)8-15)11(2)16-14(18)19-9-12-6-4-3-5-7-12/h3-7,10-11H,8-9H2,1-2H3,(H,16,18). The van der Waals surface area contributed by atoms with Crippen molar-refractivity contribution in [1.29, 1.82) is 0 Å². The van der Waals surface area contributed by atoms with Crippen LogP contribution in [0.4, 0.5) is 4.79 Å². The molecule has 1 aromatic rings. The highest BCUT2D eigenvalue weighted by molar-refractivity contribution is 6.27. The molecule has 0 saturated heterocycles. The van der Waals surface area contributed by atoms with E-state index >= 15 is 0 Å². The predicted octanol–water partition coefficient (Wildman–Crippen LogP) is 2.75. The largest absolute Gasteiger partial charge is 0.445 e. The summed E-state index contributed by atoms with van der Waals surface area (Å²) in [7, 11) is 0. The predicted molar refractivity (Wildman–Crippen MR) is 74.1 cm³/mol. The first-order valence-electron chi connectivity index (χ1n) is 6.10. The highest BCUT2D eigenvalue weighted by Crippen LogP contribution is 2.06. The molecule has 0 fully saturated rings. The van der Waals surface area contributed by atoms with Crippen molar-refractivity contribution in [2.75, 3.05) is 5.88 Å². The van der Waals surface area contributed by atoms with E-state index in [1.807, 2.05) is 30.3 Å². The summed E-state index contributed by atoms with van der Waals surface area (Å²) in [6.07, 6.45) is -0.537. The van der Waals surface area contributed by atoms with Gasteiger partial charge in [0.2, 0.25) is 0 Å². The first-order valence-corrected chi connectivity index (χ1v) is 6.64. The quantitative estimate of drug-likeness (QED) is 0.817. The molecule has 1 amide bonds. The molecule has 0 aliphatic rings. The van der Waals surface area contributed by atoms with E-state index < -0.39 is 6.09 Å². The van der Waals surface area contributed by atoms with E-state index in [9.17, 15) is 9.59 Å². The number of hydrogen-bond donors (Lipinski definition) is 1. The van der Waals surface area contributed by atoms with Gasteiger partial charge < -0.3 is 10.1 Å². The van der Waals surface area contributed by atoms with Crippen LogP contribution in [0.15, 0.2) is 30.3 Å². The molecule has 2 atom stereocenters. The van der Waals surface area contributed by atoms with Crippen molar-refractivity contribution in [2.24, 2.45) is 5.92 Å². The van der Waals surface area contributed by atoms with Crippen LogP contribution in [0.1, 0.15) is 19.4 Å². The average molecular weight is 284 g/mol. The number of ketones is 1. The van der Waals surface area contributed by atoms with Gasteiger partial charge in [-0.15, -0.1) is 11.6 Å². The lowest BCUT2D eigenvalue weighted by molar-refractivity contribution is -0.120. The van der Waals surface area contributed by atoms with E-state index in [1.54, 1.807) is 13.8 Å². The number of rotatable bonds is 6. The zero-order valence-electron chi connectivity index (χ0n) is 11.1. The van der Waals surface area contributed by atoms with Crippen molar-refractivity contribution in [3.63, 3.8) is 0 Å². The number of alkyl carbamates (subject to hydrolysis) is 1. The van der Waals surface area contributed by atoms with E-state index in [-0.39, 0.29) is 30.2 Å². The fourth-order valence-corrected chi connectivity index (χ4v) is 1.72. The van der Waals surface area contributed by atoms with Crippen molar-refractivity contribution >= 4 is 23.5 Å². The van der Waals surface area contributed by atoms with Gasteiger partial charge in [0.1, 0.15) is 6.61 Å². The van der Waals surface area contributed by atoms with E-state index in [1.165, 1.54) is 0 Å². The molecule has 0 aliphatic heterocycles. The minimum Gasteiger partial charge on any atom is -0.445 e. The number of Topliss-reactive ketones (excluding diaryl/α,β-unsaturated/α-hetero) is 1. The van der Waals surface area contributed by atoms with Crippen LogP contribution in [0, 0.1) is 5.92 Å². The fraction of sp³-hybridized carbons (Fsp3) is 0.429. The summed E-state index contributed by atoms with van der Waals surface area (Å²) >= 11 is 5.48. The van der Waals surface area contributed by atoms with Crippen LogP contribution in [-0.2, 0) is 16.1 Å². The van der Waals surface area contributed by atoms with E-state index in [2.05, 4.69) is 5.32 Å². The molecule has 2 unspecified atom stereocenters. The lowest BCUT2D eigenvalue weighted by atomic mass is 10.00. The second kappa shape index (κ2) is 7.79. The summed E-state index contributed by atoms with van der Waals surface area (Å²) in [6.45, 7) is 3.68. The summed E-state index contributed by atoms with van der Waals surface area (Å²) in [6, 6.07) is 9.08. The molecule has 0 aromatic heterocycles. The Hall–Kier alpha value is -1.55. The number of ether oxygens (including phenoxy) is 1. The molecule has 0 saturated carbocycles. The molecule has 19 heavy (non-hydrogen) atoms. The highest BCUT2D eigenvalue weighted by atomic mass is 35.5. The lowest BCUT2D eigenvalue weighted by Gasteiger charge is -2.19. The van der Waals surface area contributed by atoms with Crippen LogP contribution in [0.25, 0.3) is 0 Å². The van der Waals surface area contributed by atoms with Gasteiger partial charge in [-0.25, -0.2) is 4.79 Å². The van der Waals surface area contributed by atoms with Crippen LogP contribution in [0.5, 0.6) is 0 Å². The van der Waals surface area contributed by atoms with Gasteiger partial charge in [0.15, 0.2) is 5.78 Å². The van der Waals surface area contributed by atoms with E-state index in [4.69, 9.17) is 16.3 Å². The van der Waals surface area contributed by atoms with Crippen LogP contribution in [0.2, 0.25) is 0 Å². The second-order valence-electron chi connectivity index (χ2n) is 4.38. The normalized spacial score (nSPS) is 13.4. The molecule has 4 nitrogen and oxygen atoms in total. The maximum Gasteiger partial charge on any atom is 0.407 e. The Labute approximate surface area is 118 Å². The molecule has 0 radical (unpaired) electrons. The third kappa shape index (κ3) is 5.30. The monoisotopic (exact) mass is 283 g/mol. The minimum atomic E-state index is -0.537. The molecule has 1 N–H and O–H groups in total. The van der Waals surface area contributed by atoms with Crippen LogP contribution < -0.4 is 5.32 Å². The number of nitrogens with one attached hydrogen (secondary N) is 1. The third-order valence-electron chi connectivity index (χ3n) is 2.95. The van der Waals surface area contributed by atoms with Crippen molar-refractivity contribution < 1.29 is 14.3 Å². The van der Waals surface area contributed by atoms with Gasteiger partial charge >= 0.3 is 6.09 Å². The second-order valence-corrected chi connectivity index (χ2v) is 4.65. The van der Waals surface area contributed by atoms with Crippen molar-refractivity contribution in [2.45, 2.75) is 26.5 Å². The Morgan fingerprint density at radius 1 is 1.26 bits per heavy atom. The lowest BCUT2D eigenvalue weighted by Crippen LogP contribution is -2.40. The molecular weight excluding hydrogens is 266 g/mol. The van der Waals surface area contributed by atoms with Crippen LogP contribution in [0.3, 0.4) is 0 Å². The Kier molecular flexibility index (Phi) is 6.36. The molecule has 0 heterocycles. The summed E-state index contributed by atoms with van der Waals surface area (Å²) in [4.78, 5) is 23.0. The van der Waals surface area contributed by atoms with Gasteiger partial charge in [-0.3, -0.25) is 4.79 Å². The first kappa shape index (κ1) is 15.5. The molecule has 0 aliphatic carbocycles. The van der Waals surface area contributed by atoms with E-state index in [0.29, 0.717) is 0 Å². The van der Waals surface area contributed by atoms with Crippen molar-refractivity contribution in [1.82, 2.24) is 5.32 Å². The zero-order valence-corrected chi connectivity index (χ0v) is 11.8. The summed E-state index contributed by atoms with van der Waals surface area (Å²) in [5, 5.41) is 2.62. The van der Waals surface area contributed by atoms with Crippen LogP contribution in [-0.4, -0.2) is 23.8 Å². The SMILES string of the molecule is CC(NC(=O)OCc1ccccc1)C(C)C(=O)CCl. The number of halogens is 1. The van der Waals surface area contributed by atoms with Gasteiger partial charge in [0, 0.05) is 12.0 Å². The topological polar surface area (TPSA) is 55.4 Å². The maximum absolute atomic E-state index is 11.6. The van der Waals surface area contributed by atoms with Gasteiger partial charge in [0.25, 0.3) is 0 Å². The van der Waals surface area contributed by atoms with Gasteiger partial charge in [-0.05, 0) is 12.5 Å². The molecule has 104 valence electrons. The number of carbonyl (C=O) groups is 2. The maximum atomic E-state index is 11.6. The van der Waals surface area contributed by atoms with Gasteiger partial charge in [0.05, 0.1) is 5.88 Å². The smallest absolute Gasteiger partial charge is 0.407 e. The number of hydrogen-bond acceptors (Lipinski definition) is 3. The molecule has 5 heteroatoms.